The molecule has 0 rings (SSSR count). The first-order chi connectivity index (χ1) is 6.95. The predicted molar refractivity (Wildman–Crippen MR) is 54.8 cm³/mol. The first kappa shape index (κ1) is 15.8. The molecule has 1 N–H and O–H groups in total. The van der Waals surface area contributed by atoms with Crippen LogP contribution in [0.15, 0.2) is 25.0 Å². The van der Waals surface area contributed by atoms with Crippen LogP contribution >= 0.6 is 0 Å². The molecule has 5 heteroatoms. The van der Waals surface area contributed by atoms with E-state index in [-0.39, 0.29) is 19.2 Å². The third-order valence-corrected chi connectivity index (χ3v) is 0.922. The molecule has 0 aromatic carbocycles. The van der Waals surface area contributed by atoms with Gasteiger partial charge in [0.2, 0.25) is 0 Å². The van der Waals surface area contributed by atoms with E-state index in [0.717, 1.165) is 6.26 Å². The minimum absolute atomic E-state index is 0.0473. The molecule has 0 amide bonds. The van der Waals surface area contributed by atoms with Crippen LogP contribution in [0.1, 0.15) is 13.8 Å². The lowest BCUT2D eigenvalue weighted by atomic mass is 10.4. The Balaban J connectivity index is 0. The van der Waals surface area contributed by atoms with Crippen molar-refractivity contribution in [1.29, 1.82) is 0 Å². The molecule has 0 heterocycles. The van der Waals surface area contributed by atoms with Crippen LogP contribution in [0.25, 0.3) is 0 Å². The van der Waals surface area contributed by atoms with Crippen LogP contribution in [-0.4, -0.2) is 30.3 Å². The van der Waals surface area contributed by atoms with Gasteiger partial charge in [-0.2, -0.15) is 0 Å². The Morgan fingerprint density at radius 1 is 1.40 bits per heavy atom. The Labute approximate surface area is 89.0 Å². The topological polar surface area (TPSA) is 72.8 Å². The summed E-state index contributed by atoms with van der Waals surface area (Å²) in [5.74, 6) is -0.783. The molecule has 0 saturated carbocycles. The number of carbonyl (C=O) groups excluding carboxylic acids is 2. The van der Waals surface area contributed by atoms with Gasteiger partial charge in [0, 0.05) is 12.5 Å². The SMILES string of the molecule is C=C(C)C(=O)OCCO.C=COC(C)=O. The van der Waals surface area contributed by atoms with E-state index >= 15 is 0 Å². The zero-order valence-electron chi connectivity index (χ0n) is 8.99. The lowest BCUT2D eigenvalue weighted by Crippen LogP contribution is -2.08. The Bertz CT molecular complexity index is 232. The second kappa shape index (κ2) is 10.5. The molecule has 0 spiro atoms. The summed E-state index contributed by atoms with van der Waals surface area (Å²) in [5.41, 5.74) is 0.350. The van der Waals surface area contributed by atoms with Crippen molar-refractivity contribution >= 4 is 11.9 Å². The van der Waals surface area contributed by atoms with Crippen LogP contribution in [0.5, 0.6) is 0 Å². The zero-order valence-corrected chi connectivity index (χ0v) is 8.99. The van der Waals surface area contributed by atoms with Crippen LogP contribution in [0.3, 0.4) is 0 Å². The highest BCUT2D eigenvalue weighted by atomic mass is 16.5. The molecule has 5 nitrogen and oxygen atoms in total. The Morgan fingerprint density at radius 2 is 1.93 bits per heavy atom. The van der Waals surface area contributed by atoms with Gasteiger partial charge in [0.15, 0.2) is 0 Å². The molecular weight excluding hydrogens is 200 g/mol. The molecule has 0 aromatic heterocycles. The first-order valence-electron chi connectivity index (χ1n) is 4.17. The van der Waals surface area contributed by atoms with Gasteiger partial charge in [-0.15, -0.1) is 0 Å². The molecular formula is C10H16O5. The summed E-state index contributed by atoms with van der Waals surface area (Å²) in [4.78, 5) is 20.2. The number of ether oxygens (including phenoxy) is 2. The van der Waals surface area contributed by atoms with E-state index in [4.69, 9.17) is 5.11 Å². The van der Waals surface area contributed by atoms with Crippen molar-refractivity contribution in [2.75, 3.05) is 13.2 Å². The number of aliphatic hydroxyl groups excluding tert-OH is 1. The molecule has 0 atom stereocenters. The molecule has 0 fully saturated rings. The fraction of sp³-hybridized carbons (Fsp3) is 0.400. The van der Waals surface area contributed by atoms with Crippen molar-refractivity contribution in [2.24, 2.45) is 0 Å². The molecule has 0 aliphatic carbocycles. The monoisotopic (exact) mass is 216 g/mol. The van der Waals surface area contributed by atoms with Gasteiger partial charge in [0.1, 0.15) is 6.61 Å². The summed E-state index contributed by atoms with van der Waals surface area (Å²) in [7, 11) is 0. The van der Waals surface area contributed by atoms with Gasteiger partial charge in [-0.05, 0) is 6.92 Å². The molecule has 0 aliphatic rings. The summed E-state index contributed by atoms with van der Waals surface area (Å²) >= 11 is 0. The fourth-order valence-electron chi connectivity index (χ4n) is 0.379. The number of esters is 2. The third kappa shape index (κ3) is 15.2. The average molecular weight is 216 g/mol. The average Bonchev–Trinajstić information content (AvgIpc) is 2.14. The van der Waals surface area contributed by atoms with Gasteiger partial charge < -0.3 is 14.6 Å². The van der Waals surface area contributed by atoms with E-state index in [2.05, 4.69) is 22.6 Å². The second-order valence-corrected chi connectivity index (χ2v) is 2.42. The maximum atomic E-state index is 10.5. The Hall–Kier alpha value is -1.62. The number of aliphatic hydroxyl groups is 1. The lowest BCUT2D eigenvalue weighted by molar-refractivity contribution is -0.140. The quantitative estimate of drug-likeness (QED) is 0.427. The van der Waals surface area contributed by atoms with Crippen molar-refractivity contribution in [3.05, 3.63) is 25.0 Å². The van der Waals surface area contributed by atoms with E-state index in [9.17, 15) is 9.59 Å². The maximum absolute atomic E-state index is 10.5. The van der Waals surface area contributed by atoms with Crippen molar-refractivity contribution in [3.8, 4) is 0 Å². The second-order valence-electron chi connectivity index (χ2n) is 2.42. The highest BCUT2D eigenvalue weighted by Crippen LogP contribution is 1.89. The lowest BCUT2D eigenvalue weighted by Gasteiger charge is -1.99. The zero-order chi connectivity index (χ0) is 12.3. The van der Waals surface area contributed by atoms with E-state index in [1.807, 2.05) is 0 Å². The van der Waals surface area contributed by atoms with Crippen LogP contribution in [0.2, 0.25) is 0 Å². The molecule has 0 aliphatic heterocycles. The van der Waals surface area contributed by atoms with Crippen LogP contribution in [0, 0.1) is 0 Å². The van der Waals surface area contributed by atoms with Gasteiger partial charge >= 0.3 is 11.9 Å². The molecule has 0 radical (unpaired) electrons. The van der Waals surface area contributed by atoms with Crippen molar-refractivity contribution in [1.82, 2.24) is 0 Å². The Kier molecular flexibility index (Phi) is 11.0. The van der Waals surface area contributed by atoms with Gasteiger partial charge in [-0.1, -0.05) is 13.2 Å². The fourth-order valence-corrected chi connectivity index (χ4v) is 0.379. The molecule has 0 aromatic rings. The van der Waals surface area contributed by atoms with Gasteiger partial charge in [-0.3, -0.25) is 4.79 Å². The number of carbonyl (C=O) groups is 2. The summed E-state index contributed by atoms with van der Waals surface area (Å²) in [6, 6.07) is 0. The Morgan fingerprint density at radius 3 is 2.13 bits per heavy atom. The summed E-state index contributed by atoms with van der Waals surface area (Å²) in [5, 5.41) is 8.19. The molecule has 0 saturated heterocycles. The molecule has 0 unspecified atom stereocenters. The summed E-state index contributed by atoms with van der Waals surface area (Å²) < 4.78 is 8.63. The largest absolute Gasteiger partial charge is 0.460 e. The number of rotatable bonds is 4. The van der Waals surface area contributed by atoms with Crippen LogP contribution < -0.4 is 0 Å². The van der Waals surface area contributed by atoms with Crippen LogP contribution in [-0.2, 0) is 19.1 Å². The first-order valence-corrected chi connectivity index (χ1v) is 4.17. The van der Waals surface area contributed by atoms with E-state index in [1.54, 1.807) is 6.92 Å². The van der Waals surface area contributed by atoms with Crippen LogP contribution in [0.4, 0.5) is 0 Å². The van der Waals surface area contributed by atoms with Gasteiger partial charge in [0.05, 0.1) is 12.9 Å². The standard InChI is InChI=1S/C6H10O3.C4H6O2/c1-5(2)6(8)9-4-3-7;1-3-6-4(2)5/h7H,1,3-4H2,2H3;3H,1H2,2H3. The summed E-state index contributed by atoms with van der Waals surface area (Å²) in [6.07, 6.45) is 1.10. The maximum Gasteiger partial charge on any atom is 0.333 e. The molecule has 0 bridgehead atoms. The normalized spacial score (nSPS) is 7.93. The van der Waals surface area contributed by atoms with Gasteiger partial charge in [0.25, 0.3) is 0 Å². The third-order valence-electron chi connectivity index (χ3n) is 0.922. The van der Waals surface area contributed by atoms with E-state index in [0.29, 0.717) is 5.57 Å². The minimum Gasteiger partial charge on any atom is -0.460 e. The van der Waals surface area contributed by atoms with E-state index < -0.39 is 5.97 Å². The highest BCUT2D eigenvalue weighted by Gasteiger charge is 1.99. The van der Waals surface area contributed by atoms with Crippen molar-refractivity contribution in [2.45, 2.75) is 13.8 Å². The van der Waals surface area contributed by atoms with Crippen molar-refractivity contribution in [3.63, 3.8) is 0 Å². The minimum atomic E-state index is -0.455. The highest BCUT2D eigenvalue weighted by molar-refractivity contribution is 5.86. The molecule has 15 heavy (non-hydrogen) atoms. The van der Waals surface area contributed by atoms with Gasteiger partial charge in [-0.25, -0.2) is 4.79 Å². The van der Waals surface area contributed by atoms with E-state index in [1.165, 1.54) is 6.92 Å². The number of hydrogen-bond acceptors (Lipinski definition) is 5. The smallest absolute Gasteiger partial charge is 0.333 e. The number of hydrogen-bond donors (Lipinski definition) is 1. The molecule has 86 valence electrons. The predicted octanol–water partition coefficient (Wildman–Crippen LogP) is 0.791. The van der Waals surface area contributed by atoms with Crippen molar-refractivity contribution < 1.29 is 24.2 Å². The summed E-state index contributed by atoms with van der Waals surface area (Å²) in [6.45, 7) is 9.29.